The van der Waals surface area contributed by atoms with E-state index in [1.807, 2.05) is 0 Å². The standard InChI is InChI=1S/C28H27N/c1-21(2)26-18-25(23-14-8-4-9-15-23)19-27(24-16-10-5-11-17-24)28(26)29-20-22-12-6-3-7-13-22/h3-19,21,29H,20H2,1-2H3. The largest absolute Gasteiger partial charge is 0.380 e. The number of rotatable bonds is 6. The summed E-state index contributed by atoms with van der Waals surface area (Å²) in [4.78, 5) is 0. The Balaban J connectivity index is 1.85. The van der Waals surface area contributed by atoms with Gasteiger partial charge in [-0.3, -0.25) is 0 Å². The highest BCUT2D eigenvalue weighted by Gasteiger charge is 2.16. The van der Waals surface area contributed by atoms with Crippen LogP contribution in [0.4, 0.5) is 5.69 Å². The summed E-state index contributed by atoms with van der Waals surface area (Å²) in [6, 6.07) is 36.6. The lowest BCUT2D eigenvalue weighted by Crippen LogP contribution is -2.06. The van der Waals surface area contributed by atoms with Crippen molar-refractivity contribution >= 4 is 5.69 Å². The van der Waals surface area contributed by atoms with E-state index >= 15 is 0 Å². The summed E-state index contributed by atoms with van der Waals surface area (Å²) >= 11 is 0. The molecule has 0 unspecified atom stereocenters. The van der Waals surface area contributed by atoms with Gasteiger partial charge in [0.1, 0.15) is 0 Å². The number of benzene rings is 4. The lowest BCUT2D eigenvalue weighted by atomic mass is 9.89. The zero-order valence-electron chi connectivity index (χ0n) is 17.1. The fourth-order valence-corrected chi connectivity index (χ4v) is 3.75. The molecular weight excluding hydrogens is 350 g/mol. The molecule has 4 rings (SSSR count). The monoisotopic (exact) mass is 377 g/mol. The van der Waals surface area contributed by atoms with E-state index < -0.39 is 0 Å². The third-order valence-corrected chi connectivity index (χ3v) is 5.29. The minimum Gasteiger partial charge on any atom is -0.380 e. The van der Waals surface area contributed by atoms with Crippen LogP contribution in [0, 0.1) is 0 Å². The van der Waals surface area contributed by atoms with Crippen molar-refractivity contribution < 1.29 is 0 Å². The molecule has 0 aromatic heterocycles. The Bertz CT molecular complexity index is 1050. The van der Waals surface area contributed by atoms with Crippen LogP contribution in [-0.2, 0) is 6.54 Å². The molecule has 0 heterocycles. The summed E-state index contributed by atoms with van der Waals surface area (Å²) < 4.78 is 0. The normalized spacial score (nSPS) is 10.9. The first-order valence-electron chi connectivity index (χ1n) is 10.3. The Morgan fingerprint density at radius 2 is 1.17 bits per heavy atom. The smallest absolute Gasteiger partial charge is 0.0458 e. The van der Waals surface area contributed by atoms with Crippen LogP contribution in [0.25, 0.3) is 22.3 Å². The van der Waals surface area contributed by atoms with Crippen LogP contribution in [0.3, 0.4) is 0 Å². The molecule has 0 aliphatic carbocycles. The third kappa shape index (κ3) is 4.41. The van der Waals surface area contributed by atoms with Crippen molar-refractivity contribution in [2.75, 3.05) is 5.32 Å². The minimum atomic E-state index is 0.416. The molecule has 1 N–H and O–H groups in total. The van der Waals surface area contributed by atoms with E-state index in [2.05, 4.69) is 122 Å². The molecule has 29 heavy (non-hydrogen) atoms. The molecule has 0 radical (unpaired) electrons. The van der Waals surface area contributed by atoms with Gasteiger partial charge in [-0.15, -0.1) is 0 Å². The second kappa shape index (κ2) is 8.79. The van der Waals surface area contributed by atoms with E-state index in [9.17, 15) is 0 Å². The molecule has 0 aliphatic heterocycles. The van der Waals surface area contributed by atoms with Crippen LogP contribution >= 0.6 is 0 Å². The summed E-state index contributed by atoms with van der Waals surface area (Å²) in [7, 11) is 0. The molecule has 0 saturated heterocycles. The first-order chi connectivity index (χ1) is 14.2. The maximum atomic E-state index is 3.76. The lowest BCUT2D eigenvalue weighted by molar-refractivity contribution is 0.866. The summed E-state index contributed by atoms with van der Waals surface area (Å²) in [5.41, 5.74) is 8.87. The predicted molar refractivity (Wildman–Crippen MR) is 125 cm³/mol. The number of nitrogens with one attached hydrogen (secondary N) is 1. The van der Waals surface area contributed by atoms with Crippen molar-refractivity contribution in [1.82, 2.24) is 0 Å². The summed E-state index contributed by atoms with van der Waals surface area (Å²) in [6.45, 7) is 5.35. The Labute approximate surface area is 174 Å². The quantitative estimate of drug-likeness (QED) is 0.362. The SMILES string of the molecule is CC(C)c1cc(-c2ccccc2)cc(-c2ccccc2)c1NCc1ccccc1. The van der Waals surface area contributed by atoms with Gasteiger partial charge in [0.25, 0.3) is 0 Å². The van der Waals surface area contributed by atoms with Crippen molar-refractivity contribution in [2.45, 2.75) is 26.3 Å². The molecule has 4 aromatic carbocycles. The molecule has 0 aliphatic rings. The zero-order chi connectivity index (χ0) is 20.1. The Hall–Kier alpha value is -3.32. The molecular formula is C28H27N. The van der Waals surface area contributed by atoms with E-state index in [-0.39, 0.29) is 0 Å². The van der Waals surface area contributed by atoms with Crippen molar-refractivity contribution in [1.29, 1.82) is 0 Å². The van der Waals surface area contributed by atoms with E-state index in [0.29, 0.717) is 5.92 Å². The van der Waals surface area contributed by atoms with Crippen LogP contribution < -0.4 is 5.32 Å². The zero-order valence-corrected chi connectivity index (χ0v) is 17.1. The average molecular weight is 378 g/mol. The molecule has 0 saturated carbocycles. The van der Waals surface area contributed by atoms with Crippen LogP contribution in [0.15, 0.2) is 103 Å². The van der Waals surface area contributed by atoms with Gasteiger partial charge < -0.3 is 5.32 Å². The van der Waals surface area contributed by atoms with E-state index in [1.165, 1.54) is 39.1 Å². The fraction of sp³-hybridized carbons (Fsp3) is 0.143. The summed E-state index contributed by atoms with van der Waals surface area (Å²) in [5.74, 6) is 0.416. The van der Waals surface area contributed by atoms with Crippen LogP contribution in [0.1, 0.15) is 30.9 Å². The molecule has 0 spiro atoms. The number of anilines is 1. The van der Waals surface area contributed by atoms with Gasteiger partial charge in [-0.25, -0.2) is 0 Å². The molecule has 4 aromatic rings. The van der Waals surface area contributed by atoms with Crippen LogP contribution in [0.5, 0.6) is 0 Å². The topological polar surface area (TPSA) is 12.0 Å². The Kier molecular flexibility index (Phi) is 5.76. The molecule has 1 heteroatoms. The van der Waals surface area contributed by atoms with Gasteiger partial charge in [0.05, 0.1) is 0 Å². The van der Waals surface area contributed by atoms with E-state index in [0.717, 1.165) is 6.54 Å². The Morgan fingerprint density at radius 3 is 1.76 bits per heavy atom. The van der Waals surface area contributed by atoms with Gasteiger partial charge in [-0.2, -0.15) is 0 Å². The maximum absolute atomic E-state index is 3.76. The van der Waals surface area contributed by atoms with Gasteiger partial charge in [0.2, 0.25) is 0 Å². The minimum absolute atomic E-state index is 0.416. The highest BCUT2D eigenvalue weighted by Crippen LogP contribution is 2.39. The molecule has 0 bridgehead atoms. The Morgan fingerprint density at radius 1 is 0.621 bits per heavy atom. The van der Waals surface area contributed by atoms with E-state index in [4.69, 9.17) is 0 Å². The molecule has 0 atom stereocenters. The van der Waals surface area contributed by atoms with Crippen LogP contribution in [-0.4, -0.2) is 0 Å². The molecule has 1 nitrogen and oxygen atoms in total. The van der Waals surface area contributed by atoms with Gasteiger partial charge in [-0.05, 0) is 45.9 Å². The first-order valence-corrected chi connectivity index (χ1v) is 10.3. The van der Waals surface area contributed by atoms with Gasteiger partial charge in [0, 0.05) is 17.8 Å². The predicted octanol–water partition coefficient (Wildman–Crippen LogP) is 7.76. The number of hydrogen-bond donors (Lipinski definition) is 1. The van der Waals surface area contributed by atoms with E-state index in [1.54, 1.807) is 0 Å². The van der Waals surface area contributed by atoms with Crippen molar-refractivity contribution in [3.63, 3.8) is 0 Å². The molecule has 0 fully saturated rings. The van der Waals surface area contributed by atoms with Crippen LogP contribution in [0.2, 0.25) is 0 Å². The van der Waals surface area contributed by atoms with Gasteiger partial charge in [0.15, 0.2) is 0 Å². The average Bonchev–Trinajstić information content (AvgIpc) is 2.79. The highest BCUT2D eigenvalue weighted by atomic mass is 14.9. The lowest BCUT2D eigenvalue weighted by Gasteiger charge is -2.21. The third-order valence-electron chi connectivity index (χ3n) is 5.29. The van der Waals surface area contributed by atoms with Crippen molar-refractivity contribution in [3.05, 3.63) is 114 Å². The first kappa shape index (κ1) is 19.0. The fourth-order valence-electron chi connectivity index (χ4n) is 3.75. The highest BCUT2D eigenvalue weighted by molar-refractivity contribution is 5.86. The number of hydrogen-bond acceptors (Lipinski definition) is 1. The second-order valence-electron chi connectivity index (χ2n) is 7.71. The molecule has 0 amide bonds. The van der Waals surface area contributed by atoms with Gasteiger partial charge >= 0.3 is 0 Å². The maximum Gasteiger partial charge on any atom is 0.0458 e. The summed E-state index contributed by atoms with van der Waals surface area (Å²) in [5, 5.41) is 3.76. The summed E-state index contributed by atoms with van der Waals surface area (Å²) in [6.07, 6.45) is 0. The van der Waals surface area contributed by atoms with Gasteiger partial charge in [-0.1, -0.05) is 105 Å². The second-order valence-corrected chi connectivity index (χ2v) is 7.71. The van der Waals surface area contributed by atoms with Crippen molar-refractivity contribution in [3.8, 4) is 22.3 Å². The molecule has 144 valence electrons. The van der Waals surface area contributed by atoms with Crippen molar-refractivity contribution in [2.24, 2.45) is 0 Å².